The zero-order valence-electron chi connectivity index (χ0n) is 16.6. The van der Waals surface area contributed by atoms with Gasteiger partial charge < -0.3 is 7.59 Å². The van der Waals surface area contributed by atoms with E-state index in [2.05, 4.69) is 6.92 Å². The summed E-state index contributed by atoms with van der Waals surface area (Å²) in [4.78, 5) is 10.6. The zero-order chi connectivity index (χ0) is 14.9. The van der Waals surface area contributed by atoms with Crippen molar-refractivity contribution in [2.24, 2.45) is 0 Å². The molecule has 0 aromatic rings. The van der Waals surface area contributed by atoms with Gasteiger partial charge in [-0.2, -0.15) is 0 Å². The molecule has 0 aliphatic carbocycles. The molecule has 0 fully saturated rings. The van der Waals surface area contributed by atoms with Crippen LogP contribution in [0.1, 0.15) is 107 Å². The van der Waals surface area contributed by atoms with Crippen LogP contribution in [0.3, 0.4) is 0 Å². The van der Waals surface area contributed by atoms with Crippen LogP contribution in [0.4, 0.5) is 0 Å². The van der Waals surface area contributed by atoms with Gasteiger partial charge in [0.15, 0.2) is 0 Å². The van der Waals surface area contributed by atoms with Gasteiger partial charge in [-0.3, -0.25) is 4.79 Å². The number of unbranched alkanes of at least 4 members (excludes halogenated alkanes) is 13. The topological polar surface area (TPSA) is 26.3 Å². The summed E-state index contributed by atoms with van der Waals surface area (Å²) in [6, 6.07) is 0. The van der Waals surface area contributed by atoms with Crippen LogP contribution in [0.15, 0.2) is 0 Å². The first-order valence-electron chi connectivity index (χ1n) is 8.90. The molecule has 2 nitrogen and oxygen atoms in total. The molecule has 0 saturated carbocycles. The third-order valence-corrected chi connectivity index (χ3v) is 3.80. The number of esters is 1. The molecular formula is C18H38MgO2. The molecule has 0 aliphatic rings. The van der Waals surface area contributed by atoms with E-state index in [1.54, 1.807) is 0 Å². The molecule has 3 heteroatoms. The smallest absolute Gasteiger partial charge is 1.00 e. The van der Waals surface area contributed by atoms with Crippen molar-refractivity contribution in [3.05, 3.63) is 0 Å². The summed E-state index contributed by atoms with van der Waals surface area (Å²) in [5.41, 5.74) is 0. The number of hydrogen-bond acceptors (Lipinski definition) is 2. The van der Waals surface area contributed by atoms with Crippen LogP contribution in [-0.2, 0) is 9.53 Å². The van der Waals surface area contributed by atoms with Gasteiger partial charge in [-0.05, 0) is 6.42 Å². The van der Waals surface area contributed by atoms with Crippen molar-refractivity contribution >= 4 is 29.0 Å². The number of carbonyl (C=O) groups is 1. The Bertz CT molecular complexity index is 217. The Balaban J connectivity index is -0.000000602. The van der Waals surface area contributed by atoms with Gasteiger partial charge in [-0.25, -0.2) is 0 Å². The molecule has 0 spiro atoms. The van der Waals surface area contributed by atoms with Gasteiger partial charge in [0.25, 0.3) is 0 Å². The Morgan fingerprint density at radius 3 is 1.38 bits per heavy atom. The maximum Gasteiger partial charge on any atom is 2.00 e. The minimum absolute atomic E-state index is 0. The molecule has 0 aromatic carbocycles. The van der Waals surface area contributed by atoms with E-state index in [0.717, 1.165) is 6.42 Å². The minimum Gasteiger partial charge on any atom is -1.00 e. The van der Waals surface area contributed by atoms with Crippen LogP contribution in [-0.4, -0.2) is 35.6 Å². The van der Waals surface area contributed by atoms with Crippen molar-refractivity contribution in [3.8, 4) is 0 Å². The first-order valence-corrected chi connectivity index (χ1v) is 8.90. The van der Waals surface area contributed by atoms with E-state index < -0.39 is 0 Å². The minimum atomic E-state index is -0.153. The van der Waals surface area contributed by atoms with E-state index in [0.29, 0.717) is 6.61 Å². The second-order valence-corrected chi connectivity index (χ2v) is 5.94. The first kappa shape index (κ1) is 23.5. The van der Waals surface area contributed by atoms with Crippen LogP contribution in [0, 0.1) is 0 Å². The summed E-state index contributed by atoms with van der Waals surface area (Å²) in [6.45, 7) is 4.35. The molecule has 0 N–H and O–H groups in total. The van der Waals surface area contributed by atoms with Gasteiger partial charge in [-0.1, -0.05) is 90.4 Å². The third kappa shape index (κ3) is 22.7. The van der Waals surface area contributed by atoms with E-state index in [9.17, 15) is 4.79 Å². The summed E-state index contributed by atoms with van der Waals surface area (Å²) < 4.78 is 4.91. The fourth-order valence-electron chi connectivity index (χ4n) is 2.51. The predicted octanol–water partition coefficient (Wildman–Crippen LogP) is 5.88. The van der Waals surface area contributed by atoms with Crippen molar-refractivity contribution in [2.75, 3.05) is 6.61 Å². The molecule has 0 aromatic heterocycles. The zero-order valence-corrected chi connectivity index (χ0v) is 16.0. The number of carbonyl (C=O) groups excluding carboxylic acids is 1. The molecule has 0 amide bonds. The Morgan fingerprint density at radius 2 is 1.05 bits per heavy atom. The monoisotopic (exact) mass is 310 g/mol. The SMILES string of the molecule is CCCCCCCCCCCCCCCCOC(C)=O.[H-].[H-].[Mg+2]. The maximum atomic E-state index is 10.6. The van der Waals surface area contributed by atoms with Gasteiger partial charge in [0.05, 0.1) is 6.61 Å². The molecule has 0 aliphatic heterocycles. The second-order valence-electron chi connectivity index (χ2n) is 5.94. The van der Waals surface area contributed by atoms with Crippen LogP contribution in [0.5, 0.6) is 0 Å². The molecule has 124 valence electrons. The number of ether oxygens (including phenoxy) is 1. The van der Waals surface area contributed by atoms with E-state index in [1.165, 1.54) is 90.4 Å². The number of hydrogen-bond donors (Lipinski definition) is 0. The fourth-order valence-corrected chi connectivity index (χ4v) is 2.51. The standard InChI is InChI=1S/C18H36O2.Mg.2H/c1-3-4-5-6-7-8-9-10-11-12-13-14-15-16-17-20-18(2)19;;;/h3-17H2,1-2H3;;;/q;+2;2*-1. The summed E-state index contributed by atoms with van der Waals surface area (Å²) in [5.74, 6) is -0.153. The van der Waals surface area contributed by atoms with Crippen LogP contribution < -0.4 is 0 Å². The van der Waals surface area contributed by atoms with Crippen LogP contribution in [0.25, 0.3) is 0 Å². The van der Waals surface area contributed by atoms with Gasteiger partial charge in [0.2, 0.25) is 0 Å². The molecule has 0 saturated heterocycles. The summed E-state index contributed by atoms with van der Waals surface area (Å²) in [7, 11) is 0. The second kappa shape index (κ2) is 20.2. The van der Waals surface area contributed by atoms with Crippen molar-refractivity contribution in [2.45, 2.75) is 104 Å². The van der Waals surface area contributed by atoms with E-state index in [-0.39, 0.29) is 31.9 Å². The summed E-state index contributed by atoms with van der Waals surface area (Å²) >= 11 is 0. The number of rotatable bonds is 15. The molecule has 0 unspecified atom stereocenters. The largest absolute Gasteiger partial charge is 2.00 e. The van der Waals surface area contributed by atoms with E-state index in [4.69, 9.17) is 4.74 Å². The quantitative estimate of drug-likeness (QED) is 0.215. The molecule has 0 bridgehead atoms. The fraction of sp³-hybridized carbons (Fsp3) is 0.944. The maximum absolute atomic E-state index is 10.6. The van der Waals surface area contributed by atoms with E-state index in [1.807, 2.05) is 0 Å². The Morgan fingerprint density at radius 1 is 0.714 bits per heavy atom. The van der Waals surface area contributed by atoms with Crippen molar-refractivity contribution in [1.29, 1.82) is 0 Å². The van der Waals surface area contributed by atoms with Crippen molar-refractivity contribution in [1.82, 2.24) is 0 Å². The van der Waals surface area contributed by atoms with Gasteiger partial charge in [0.1, 0.15) is 0 Å². The Kier molecular flexibility index (Phi) is 22.6. The molecule has 0 heterocycles. The molecule has 21 heavy (non-hydrogen) atoms. The van der Waals surface area contributed by atoms with Crippen LogP contribution in [0.2, 0.25) is 0 Å². The van der Waals surface area contributed by atoms with Crippen LogP contribution >= 0.6 is 0 Å². The first-order chi connectivity index (χ1) is 9.77. The van der Waals surface area contributed by atoms with Gasteiger partial charge in [0, 0.05) is 6.92 Å². The van der Waals surface area contributed by atoms with Gasteiger partial charge >= 0.3 is 29.0 Å². The Labute approximate surface area is 151 Å². The van der Waals surface area contributed by atoms with Crippen molar-refractivity contribution in [3.63, 3.8) is 0 Å². The predicted molar refractivity (Wildman–Crippen MR) is 94.9 cm³/mol. The molecule has 0 rings (SSSR count). The normalized spacial score (nSPS) is 10.2. The van der Waals surface area contributed by atoms with Crippen molar-refractivity contribution < 1.29 is 12.4 Å². The average Bonchev–Trinajstić information content (AvgIpc) is 2.43. The molecule has 0 atom stereocenters. The summed E-state index contributed by atoms with van der Waals surface area (Å²) in [6.07, 6.45) is 19.0. The molecule has 0 radical (unpaired) electrons. The average molecular weight is 311 g/mol. The summed E-state index contributed by atoms with van der Waals surface area (Å²) in [5, 5.41) is 0. The van der Waals surface area contributed by atoms with Gasteiger partial charge in [-0.15, -0.1) is 0 Å². The Hall–Kier alpha value is 0.236. The third-order valence-electron chi connectivity index (χ3n) is 3.80. The molecular weight excluding hydrogens is 273 g/mol. The van der Waals surface area contributed by atoms with E-state index >= 15 is 0 Å².